The first kappa shape index (κ1) is 19.7. The van der Waals surface area contributed by atoms with Gasteiger partial charge < -0.3 is 19.4 Å². The van der Waals surface area contributed by atoms with E-state index in [-0.39, 0.29) is 5.91 Å². The molecular weight excluding hydrogens is 364 g/mol. The van der Waals surface area contributed by atoms with Crippen LogP contribution in [0.1, 0.15) is 6.42 Å². The molecular formula is C22H30N6O. The number of aromatic nitrogens is 3. The minimum absolute atomic E-state index is 0.185. The lowest BCUT2D eigenvalue weighted by molar-refractivity contribution is -0.133. The molecule has 3 aromatic rings. The number of fused-ring (bicyclic) bond motifs is 1. The molecule has 0 spiro atoms. The molecule has 0 atom stereocenters. The lowest BCUT2D eigenvalue weighted by Gasteiger charge is -2.35. The van der Waals surface area contributed by atoms with Gasteiger partial charge in [0.15, 0.2) is 0 Å². The summed E-state index contributed by atoms with van der Waals surface area (Å²) < 4.78 is 2.02. The summed E-state index contributed by atoms with van der Waals surface area (Å²) in [7, 11) is 4.22. The Morgan fingerprint density at radius 1 is 1.17 bits per heavy atom. The van der Waals surface area contributed by atoms with E-state index < -0.39 is 0 Å². The summed E-state index contributed by atoms with van der Waals surface area (Å²) in [5.41, 5.74) is 2.87. The molecule has 1 N–H and O–H groups in total. The molecule has 7 nitrogen and oxygen atoms in total. The van der Waals surface area contributed by atoms with Crippen LogP contribution in [0.25, 0.3) is 22.4 Å². The van der Waals surface area contributed by atoms with Gasteiger partial charge in [0.25, 0.3) is 0 Å². The van der Waals surface area contributed by atoms with Gasteiger partial charge in [0.2, 0.25) is 5.91 Å². The summed E-state index contributed by atoms with van der Waals surface area (Å²) >= 11 is 0. The Labute approximate surface area is 171 Å². The molecule has 0 radical (unpaired) electrons. The zero-order valence-corrected chi connectivity index (χ0v) is 17.3. The number of piperazine rings is 1. The Kier molecular flexibility index (Phi) is 5.97. The van der Waals surface area contributed by atoms with E-state index in [0.29, 0.717) is 6.54 Å². The average Bonchev–Trinajstić information content (AvgIpc) is 3.34. The Bertz CT molecular complexity index is 918. The summed E-state index contributed by atoms with van der Waals surface area (Å²) in [6.45, 7) is 6.14. The first-order chi connectivity index (χ1) is 14.1. The maximum Gasteiger partial charge on any atom is 0.242 e. The fourth-order valence-electron chi connectivity index (χ4n) is 3.97. The molecule has 0 aromatic carbocycles. The Morgan fingerprint density at radius 3 is 2.76 bits per heavy atom. The number of nitrogens with zero attached hydrogens (tertiary/aromatic N) is 5. The lowest BCUT2D eigenvalue weighted by Crippen LogP contribution is -2.49. The molecule has 1 aliphatic heterocycles. The second kappa shape index (κ2) is 8.80. The fourth-order valence-corrected chi connectivity index (χ4v) is 3.97. The van der Waals surface area contributed by atoms with E-state index in [2.05, 4.69) is 39.9 Å². The van der Waals surface area contributed by atoms with Crippen LogP contribution < -0.4 is 0 Å². The van der Waals surface area contributed by atoms with E-state index in [1.54, 1.807) is 6.20 Å². The van der Waals surface area contributed by atoms with Gasteiger partial charge in [0.1, 0.15) is 12.2 Å². The molecule has 1 fully saturated rings. The molecule has 0 unspecified atom stereocenters. The molecule has 3 aromatic heterocycles. The van der Waals surface area contributed by atoms with Crippen LogP contribution in [0.4, 0.5) is 0 Å². The molecule has 4 rings (SSSR count). The minimum Gasteiger partial charge on any atom is -0.339 e. The van der Waals surface area contributed by atoms with Crippen molar-refractivity contribution in [3.05, 3.63) is 42.7 Å². The first-order valence-corrected chi connectivity index (χ1v) is 10.3. The number of H-pyrrole nitrogens is 1. The van der Waals surface area contributed by atoms with Gasteiger partial charge in [0, 0.05) is 44.0 Å². The predicted molar refractivity (Wildman–Crippen MR) is 116 cm³/mol. The molecule has 4 heterocycles. The third-order valence-electron chi connectivity index (χ3n) is 5.61. The van der Waals surface area contributed by atoms with Crippen LogP contribution in [0.3, 0.4) is 0 Å². The highest BCUT2D eigenvalue weighted by molar-refractivity contribution is 5.83. The first-order valence-electron chi connectivity index (χ1n) is 10.3. The largest absolute Gasteiger partial charge is 0.339 e. The fraction of sp³-hybridized carbons (Fsp3) is 0.455. The molecule has 0 saturated carbocycles. The standard InChI is InChI=1S/C22H30N6O/c1-25(2)9-5-10-26-12-14-27(15-13-26)21(29)17-28-11-4-7-20(28)19-16-18-6-3-8-23-22(18)24-19/h3-4,6-8,11,16H,5,9-10,12-15,17H2,1-2H3,(H,23,24). The van der Waals surface area contributed by atoms with E-state index in [9.17, 15) is 4.79 Å². The quantitative estimate of drug-likeness (QED) is 0.667. The molecule has 1 amide bonds. The highest BCUT2D eigenvalue weighted by Gasteiger charge is 2.21. The molecule has 1 aliphatic rings. The van der Waals surface area contributed by atoms with Gasteiger partial charge in [-0.05, 0) is 63.9 Å². The molecule has 154 valence electrons. The Balaban J connectivity index is 1.35. The molecule has 0 bridgehead atoms. The van der Waals surface area contributed by atoms with Crippen molar-refractivity contribution >= 4 is 16.9 Å². The van der Waals surface area contributed by atoms with E-state index in [1.165, 1.54) is 6.42 Å². The van der Waals surface area contributed by atoms with E-state index >= 15 is 0 Å². The number of hydrogen-bond acceptors (Lipinski definition) is 4. The van der Waals surface area contributed by atoms with Crippen molar-refractivity contribution in [2.24, 2.45) is 0 Å². The molecule has 29 heavy (non-hydrogen) atoms. The topological polar surface area (TPSA) is 60.4 Å². The molecule has 1 saturated heterocycles. The van der Waals surface area contributed by atoms with Crippen LogP contribution in [0.5, 0.6) is 0 Å². The van der Waals surface area contributed by atoms with Crippen molar-refractivity contribution in [2.45, 2.75) is 13.0 Å². The second-order valence-electron chi connectivity index (χ2n) is 8.02. The number of nitrogens with one attached hydrogen (secondary N) is 1. The van der Waals surface area contributed by atoms with Crippen molar-refractivity contribution < 1.29 is 4.79 Å². The van der Waals surface area contributed by atoms with Gasteiger partial charge in [-0.25, -0.2) is 4.98 Å². The van der Waals surface area contributed by atoms with Crippen molar-refractivity contribution in [3.8, 4) is 11.4 Å². The molecule has 0 aliphatic carbocycles. The van der Waals surface area contributed by atoms with E-state index in [0.717, 1.165) is 61.7 Å². The summed E-state index contributed by atoms with van der Waals surface area (Å²) in [6, 6.07) is 10.1. The summed E-state index contributed by atoms with van der Waals surface area (Å²) in [5, 5.41) is 1.08. The Hall–Kier alpha value is -2.64. The number of pyridine rings is 1. The van der Waals surface area contributed by atoms with Gasteiger partial charge >= 0.3 is 0 Å². The van der Waals surface area contributed by atoms with Crippen LogP contribution in [0, 0.1) is 0 Å². The second-order valence-corrected chi connectivity index (χ2v) is 8.02. The third-order valence-corrected chi connectivity index (χ3v) is 5.61. The lowest BCUT2D eigenvalue weighted by atomic mass is 10.2. The van der Waals surface area contributed by atoms with Crippen LogP contribution in [-0.4, -0.2) is 88.5 Å². The highest BCUT2D eigenvalue weighted by atomic mass is 16.2. The maximum atomic E-state index is 12.9. The minimum atomic E-state index is 0.185. The zero-order valence-electron chi connectivity index (χ0n) is 17.3. The van der Waals surface area contributed by atoms with Crippen LogP contribution in [0.15, 0.2) is 42.7 Å². The molecule has 7 heteroatoms. The van der Waals surface area contributed by atoms with Gasteiger partial charge in [-0.1, -0.05) is 0 Å². The van der Waals surface area contributed by atoms with Gasteiger partial charge in [-0.15, -0.1) is 0 Å². The number of aromatic amines is 1. The van der Waals surface area contributed by atoms with Crippen LogP contribution >= 0.6 is 0 Å². The third kappa shape index (κ3) is 4.68. The highest BCUT2D eigenvalue weighted by Crippen LogP contribution is 2.23. The average molecular weight is 395 g/mol. The zero-order chi connectivity index (χ0) is 20.2. The number of hydrogen-bond donors (Lipinski definition) is 1. The van der Waals surface area contributed by atoms with Crippen LogP contribution in [0.2, 0.25) is 0 Å². The maximum absolute atomic E-state index is 12.9. The summed E-state index contributed by atoms with van der Waals surface area (Å²) in [5.74, 6) is 0.185. The van der Waals surface area contributed by atoms with Crippen molar-refractivity contribution in [1.82, 2.24) is 29.2 Å². The van der Waals surface area contributed by atoms with Crippen LogP contribution in [-0.2, 0) is 11.3 Å². The van der Waals surface area contributed by atoms with Gasteiger partial charge in [-0.3, -0.25) is 9.69 Å². The number of carbonyl (C=O) groups excluding carboxylic acids is 1. The van der Waals surface area contributed by atoms with Crippen molar-refractivity contribution in [1.29, 1.82) is 0 Å². The monoisotopic (exact) mass is 394 g/mol. The summed E-state index contributed by atoms with van der Waals surface area (Å²) in [6.07, 6.45) is 4.93. The number of carbonyl (C=O) groups is 1. The van der Waals surface area contributed by atoms with Gasteiger partial charge in [-0.2, -0.15) is 0 Å². The van der Waals surface area contributed by atoms with Crippen molar-refractivity contribution in [2.75, 3.05) is 53.4 Å². The SMILES string of the molecule is CN(C)CCCN1CCN(C(=O)Cn2cccc2-c2cc3cccnc3[nH]2)CC1. The number of rotatable bonds is 7. The smallest absolute Gasteiger partial charge is 0.242 e. The van der Waals surface area contributed by atoms with Crippen molar-refractivity contribution in [3.63, 3.8) is 0 Å². The number of amides is 1. The summed E-state index contributed by atoms with van der Waals surface area (Å²) in [4.78, 5) is 27.3. The predicted octanol–water partition coefficient (Wildman–Crippen LogP) is 2.13. The Morgan fingerprint density at radius 2 is 2.00 bits per heavy atom. The van der Waals surface area contributed by atoms with E-state index in [4.69, 9.17) is 0 Å². The normalized spacial score (nSPS) is 15.5. The van der Waals surface area contributed by atoms with Gasteiger partial charge in [0.05, 0.1) is 11.4 Å². The van der Waals surface area contributed by atoms with E-state index in [1.807, 2.05) is 39.9 Å².